The molecule has 4 heterocycles. The fourth-order valence-corrected chi connectivity index (χ4v) is 7.09. The number of nitrogens with zero attached hydrogens (tertiary/aromatic N) is 3. The van der Waals surface area contributed by atoms with Crippen molar-refractivity contribution in [1.82, 2.24) is 14.5 Å². The van der Waals surface area contributed by atoms with E-state index in [9.17, 15) is 0 Å². The van der Waals surface area contributed by atoms with E-state index in [-0.39, 0.29) is 31.1 Å². The summed E-state index contributed by atoms with van der Waals surface area (Å²) in [5, 5.41) is 2.25. The van der Waals surface area contributed by atoms with Crippen LogP contribution in [0.25, 0.3) is 61.7 Å². The van der Waals surface area contributed by atoms with Crippen molar-refractivity contribution in [2.24, 2.45) is 11.3 Å². The van der Waals surface area contributed by atoms with Gasteiger partial charge < -0.3 is 14.0 Å². The maximum Gasteiger partial charge on any atom is 0.120 e. The molecular formula is C43H41IrN3O-2. The molecule has 8 rings (SSSR count). The van der Waals surface area contributed by atoms with Crippen molar-refractivity contribution in [3.63, 3.8) is 0 Å². The summed E-state index contributed by atoms with van der Waals surface area (Å²) >= 11 is 0. The van der Waals surface area contributed by atoms with E-state index in [1.54, 1.807) is 0 Å². The Morgan fingerprint density at radius 2 is 1.67 bits per heavy atom. The van der Waals surface area contributed by atoms with Crippen LogP contribution in [0.3, 0.4) is 0 Å². The van der Waals surface area contributed by atoms with Crippen molar-refractivity contribution in [3.05, 3.63) is 126 Å². The van der Waals surface area contributed by atoms with Crippen LogP contribution < -0.4 is 0 Å². The van der Waals surface area contributed by atoms with E-state index in [2.05, 4.69) is 125 Å². The third kappa shape index (κ3) is 6.18. The first-order chi connectivity index (χ1) is 22.5. The van der Waals surface area contributed by atoms with Crippen LogP contribution >= 0.6 is 0 Å². The molecule has 0 aliphatic carbocycles. The van der Waals surface area contributed by atoms with Crippen LogP contribution in [0.5, 0.6) is 0 Å². The van der Waals surface area contributed by atoms with Gasteiger partial charge in [-0.05, 0) is 66.6 Å². The number of fused-ring (bicyclic) bond motifs is 3. The molecule has 3 aromatic heterocycles. The number of pyridine rings is 1. The second-order valence-electron chi connectivity index (χ2n) is 14.6. The van der Waals surface area contributed by atoms with Crippen LogP contribution in [0.4, 0.5) is 0 Å². The summed E-state index contributed by atoms with van der Waals surface area (Å²) in [5.41, 5.74) is 11.1. The van der Waals surface area contributed by atoms with Gasteiger partial charge in [-0.2, -0.15) is 0 Å². The average molecular weight is 808 g/mol. The number of aromatic nitrogens is 3. The number of hydrogen-bond donors (Lipinski definition) is 0. The summed E-state index contributed by atoms with van der Waals surface area (Å²) in [5.74, 6) is 1.49. The number of imidazole rings is 1. The van der Waals surface area contributed by atoms with E-state index < -0.39 is 0 Å². The minimum absolute atomic E-state index is 0. The third-order valence-electron chi connectivity index (χ3n) is 9.01. The normalized spacial score (nSPS) is 13.7. The monoisotopic (exact) mass is 808 g/mol. The van der Waals surface area contributed by atoms with Gasteiger partial charge in [0.15, 0.2) is 0 Å². The standard InChI is InChI=1S/C22H20NO.C21H21N2.Ir/c1-22(2,3)14-15-11-12-23-19(13-15)18-9-6-8-17-16-7-4-5-10-20(16)24-21(17)18;1-14(2)17-13-16-11-8-12-18-19(16)23(21(17,3)4)20(22-18)15-9-6-5-7-10-15;/h4-8,10-13H,14H2,1-3H3;5-9,11-14H,1-4H3;/q2*-1;. The molecule has 0 bridgehead atoms. The predicted molar refractivity (Wildman–Crippen MR) is 195 cm³/mol. The zero-order valence-electron chi connectivity index (χ0n) is 28.7. The molecular weight excluding hydrogens is 767 g/mol. The summed E-state index contributed by atoms with van der Waals surface area (Å²) < 4.78 is 8.51. The molecule has 5 heteroatoms. The zero-order chi connectivity index (χ0) is 32.9. The molecule has 48 heavy (non-hydrogen) atoms. The molecule has 0 atom stereocenters. The third-order valence-corrected chi connectivity index (χ3v) is 9.01. The van der Waals surface area contributed by atoms with Crippen molar-refractivity contribution >= 4 is 39.0 Å². The van der Waals surface area contributed by atoms with Crippen LogP contribution in [-0.4, -0.2) is 14.5 Å². The number of allylic oxidation sites excluding steroid dienone is 1. The molecule has 1 aliphatic rings. The molecule has 0 N–H and O–H groups in total. The Morgan fingerprint density at radius 3 is 2.42 bits per heavy atom. The maximum absolute atomic E-state index is 6.11. The Kier molecular flexibility index (Phi) is 9.06. The number of furan rings is 1. The SMILES string of the molecule is CC(C)(C)Cc1ccnc(-c2[c-]ccc3c2oc2ccccc23)c1.CC(C)C1=Cc2cccc3nc(-c4[c-]cccc4)n(c23)C1(C)C.[Ir]. The second kappa shape index (κ2) is 13.0. The van der Waals surface area contributed by atoms with Gasteiger partial charge in [-0.15, -0.1) is 54.1 Å². The van der Waals surface area contributed by atoms with Gasteiger partial charge in [0, 0.05) is 31.7 Å². The van der Waals surface area contributed by atoms with Gasteiger partial charge in [-0.3, -0.25) is 4.98 Å². The molecule has 7 aromatic rings. The molecule has 0 saturated carbocycles. The Balaban J connectivity index is 0.000000164. The molecule has 4 aromatic carbocycles. The number of benzene rings is 4. The first kappa shape index (κ1) is 33.6. The fourth-order valence-electron chi connectivity index (χ4n) is 7.09. The van der Waals surface area contributed by atoms with Crippen molar-refractivity contribution in [1.29, 1.82) is 0 Å². The molecule has 1 radical (unpaired) electrons. The molecule has 0 fully saturated rings. The van der Waals surface area contributed by atoms with Gasteiger partial charge >= 0.3 is 0 Å². The van der Waals surface area contributed by atoms with Crippen molar-refractivity contribution in [2.75, 3.05) is 0 Å². The summed E-state index contributed by atoms with van der Waals surface area (Å²) in [6, 6.07) is 37.5. The van der Waals surface area contributed by atoms with Gasteiger partial charge in [-0.25, -0.2) is 0 Å². The van der Waals surface area contributed by atoms with Crippen molar-refractivity contribution in [3.8, 4) is 22.6 Å². The van der Waals surface area contributed by atoms with E-state index in [1.807, 2.05) is 48.7 Å². The van der Waals surface area contributed by atoms with Crippen LogP contribution in [0, 0.1) is 23.5 Å². The van der Waals surface area contributed by atoms with Crippen LogP contribution in [0.15, 0.2) is 107 Å². The molecule has 0 saturated heterocycles. The minimum Gasteiger partial charge on any atom is -0.501 e. The van der Waals surface area contributed by atoms with Gasteiger partial charge in [0.05, 0.1) is 28.0 Å². The first-order valence-electron chi connectivity index (χ1n) is 16.5. The zero-order valence-corrected chi connectivity index (χ0v) is 31.1. The predicted octanol–water partition coefficient (Wildman–Crippen LogP) is 11.3. The smallest absolute Gasteiger partial charge is 0.120 e. The van der Waals surface area contributed by atoms with E-state index in [0.29, 0.717) is 5.92 Å². The summed E-state index contributed by atoms with van der Waals surface area (Å²) in [7, 11) is 0. The Labute approximate surface area is 297 Å². The van der Waals surface area contributed by atoms with Crippen LogP contribution in [0.1, 0.15) is 59.6 Å². The minimum atomic E-state index is -0.101. The Hall–Kier alpha value is -4.31. The number of para-hydroxylation sites is 2. The maximum atomic E-state index is 6.11. The fraction of sp³-hybridized carbons (Fsp3) is 0.256. The topological polar surface area (TPSA) is 43.9 Å². The molecule has 0 unspecified atom stereocenters. The van der Waals surface area contributed by atoms with E-state index in [0.717, 1.165) is 56.5 Å². The van der Waals surface area contributed by atoms with Crippen LogP contribution in [0.2, 0.25) is 0 Å². The van der Waals surface area contributed by atoms with Crippen LogP contribution in [-0.2, 0) is 32.1 Å². The van der Waals surface area contributed by atoms with E-state index in [4.69, 9.17) is 9.40 Å². The molecule has 0 amide bonds. The summed E-state index contributed by atoms with van der Waals surface area (Å²) in [6.45, 7) is 15.9. The van der Waals surface area contributed by atoms with E-state index in [1.165, 1.54) is 22.2 Å². The largest absolute Gasteiger partial charge is 0.501 e. The Morgan fingerprint density at radius 1 is 0.875 bits per heavy atom. The van der Waals surface area contributed by atoms with E-state index >= 15 is 0 Å². The number of hydrogen-bond acceptors (Lipinski definition) is 3. The number of rotatable bonds is 4. The molecule has 4 nitrogen and oxygen atoms in total. The van der Waals surface area contributed by atoms with Gasteiger partial charge in [0.1, 0.15) is 5.58 Å². The Bertz CT molecular complexity index is 2270. The van der Waals surface area contributed by atoms with Gasteiger partial charge in [-0.1, -0.05) is 93.6 Å². The van der Waals surface area contributed by atoms with Crippen molar-refractivity contribution < 1.29 is 24.5 Å². The molecule has 245 valence electrons. The summed E-state index contributed by atoms with van der Waals surface area (Å²) in [4.78, 5) is 9.51. The second-order valence-corrected chi connectivity index (χ2v) is 14.6. The quantitative estimate of drug-likeness (QED) is 0.166. The summed E-state index contributed by atoms with van der Waals surface area (Å²) in [6.07, 6.45) is 5.25. The first-order valence-corrected chi connectivity index (χ1v) is 16.5. The van der Waals surface area contributed by atoms with Gasteiger partial charge in [0.2, 0.25) is 0 Å². The van der Waals surface area contributed by atoms with Crippen molar-refractivity contribution in [2.45, 2.75) is 60.4 Å². The molecule has 0 spiro atoms. The average Bonchev–Trinajstić information content (AvgIpc) is 3.63. The molecule has 1 aliphatic heterocycles. The van der Waals surface area contributed by atoms with Gasteiger partial charge in [0.25, 0.3) is 0 Å².